The van der Waals surface area contributed by atoms with Gasteiger partial charge in [-0.15, -0.1) is 0 Å². The van der Waals surface area contributed by atoms with Gasteiger partial charge in [-0.1, -0.05) is 19.9 Å². The minimum atomic E-state index is -0.284. The van der Waals surface area contributed by atoms with E-state index in [9.17, 15) is 4.79 Å². The zero-order valence-corrected chi connectivity index (χ0v) is 16.2. The van der Waals surface area contributed by atoms with Crippen LogP contribution in [0.25, 0.3) is 0 Å². The summed E-state index contributed by atoms with van der Waals surface area (Å²) in [7, 11) is 1.41. The van der Waals surface area contributed by atoms with Crippen molar-refractivity contribution in [2.75, 3.05) is 23.9 Å². The van der Waals surface area contributed by atoms with E-state index in [1.807, 2.05) is 18.2 Å². The van der Waals surface area contributed by atoms with Crippen LogP contribution in [0.2, 0.25) is 0 Å². The third kappa shape index (κ3) is 3.89. The number of methoxy groups -OCH3 is 1. The van der Waals surface area contributed by atoms with Crippen molar-refractivity contribution in [2.24, 2.45) is 0 Å². The van der Waals surface area contributed by atoms with Crippen LogP contribution in [0.5, 0.6) is 0 Å². The standard InChI is InChI=1S/C21H26N4O2/c1-13(2)20-23-18(22-17-6-7-17)11-19(24-20)25-9-8-14-10-15(21(26)27-3)4-5-16(14)12-25/h4-5,10-11,13,17H,6-9,12H2,1-3H3,(H,22,23,24). The van der Waals surface area contributed by atoms with Crippen LogP contribution in [0.1, 0.15) is 59.9 Å². The van der Waals surface area contributed by atoms with E-state index >= 15 is 0 Å². The predicted octanol–water partition coefficient (Wildman–Crippen LogP) is 3.52. The molecular weight excluding hydrogens is 340 g/mol. The highest BCUT2D eigenvalue weighted by Gasteiger charge is 2.24. The molecule has 0 unspecified atom stereocenters. The van der Waals surface area contributed by atoms with E-state index in [-0.39, 0.29) is 11.9 Å². The fourth-order valence-corrected chi connectivity index (χ4v) is 3.38. The van der Waals surface area contributed by atoms with E-state index < -0.39 is 0 Å². The maximum atomic E-state index is 11.8. The number of nitrogens with one attached hydrogen (secondary N) is 1. The predicted molar refractivity (Wildman–Crippen MR) is 105 cm³/mol. The highest BCUT2D eigenvalue weighted by molar-refractivity contribution is 5.89. The van der Waals surface area contributed by atoms with Crippen LogP contribution in [-0.4, -0.2) is 35.6 Å². The molecule has 0 spiro atoms. The van der Waals surface area contributed by atoms with Gasteiger partial charge in [0.2, 0.25) is 0 Å². The van der Waals surface area contributed by atoms with Gasteiger partial charge < -0.3 is 15.0 Å². The van der Waals surface area contributed by atoms with E-state index in [4.69, 9.17) is 14.7 Å². The van der Waals surface area contributed by atoms with Gasteiger partial charge in [0, 0.05) is 31.1 Å². The van der Waals surface area contributed by atoms with E-state index in [0.29, 0.717) is 11.6 Å². The summed E-state index contributed by atoms with van der Waals surface area (Å²) in [6.07, 6.45) is 3.32. The fourth-order valence-electron chi connectivity index (χ4n) is 3.38. The van der Waals surface area contributed by atoms with Gasteiger partial charge in [-0.3, -0.25) is 0 Å². The van der Waals surface area contributed by atoms with Gasteiger partial charge in [-0.05, 0) is 42.5 Å². The van der Waals surface area contributed by atoms with E-state index in [0.717, 1.165) is 37.0 Å². The van der Waals surface area contributed by atoms with Gasteiger partial charge in [-0.25, -0.2) is 14.8 Å². The first-order valence-electron chi connectivity index (χ1n) is 9.64. The largest absolute Gasteiger partial charge is 0.465 e. The number of anilines is 2. The summed E-state index contributed by atoms with van der Waals surface area (Å²) >= 11 is 0. The number of esters is 1. The molecule has 1 aromatic heterocycles. The summed E-state index contributed by atoms with van der Waals surface area (Å²) in [5, 5.41) is 3.51. The molecule has 1 aliphatic carbocycles. The highest BCUT2D eigenvalue weighted by Crippen LogP contribution is 2.29. The Kier molecular flexibility index (Phi) is 4.72. The average Bonchev–Trinajstić information content (AvgIpc) is 3.50. The first-order chi connectivity index (χ1) is 13.0. The molecule has 2 heterocycles. The number of ether oxygens (including phenoxy) is 1. The Morgan fingerprint density at radius 2 is 2.04 bits per heavy atom. The van der Waals surface area contributed by atoms with Gasteiger partial charge in [0.25, 0.3) is 0 Å². The Balaban J connectivity index is 1.59. The number of nitrogens with zero attached hydrogens (tertiary/aromatic N) is 3. The van der Waals surface area contributed by atoms with Crippen molar-refractivity contribution in [1.82, 2.24) is 9.97 Å². The first-order valence-corrected chi connectivity index (χ1v) is 9.64. The number of carbonyl (C=O) groups is 1. The van der Waals surface area contributed by atoms with Crippen molar-refractivity contribution < 1.29 is 9.53 Å². The number of carbonyl (C=O) groups excluding carboxylic acids is 1. The quantitative estimate of drug-likeness (QED) is 0.817. The number of benzene rings is 1. The van der Waals surface area contributed by atoms with Crippen LogP contribution in [0.3, 0.4) is 0 Å². The maximum Gasteiger partial charge on any atom is 0.337 e. The summed E-state index contributed by atoms with van der Waals surface area (Å²) in [6, 6.07) is 8.46. The molecule has 0 atom stereocenters. The summed E-state index contributed by atoms with van der Waals surface area (Å²) in [4.78, 5) is 23.6. The lowest BCUT2D eigenvalue weighted by Crippen LogP contribution is -2.31. The maximum absolute atomic E-state index is 11.8. The molecule has 2 aromatic rings. The monoisotopic (exact) mass is 366 g/mol. The van der Waals surface area contributed by atoms with E-state index in [1.54, 1.807) is 0 Å². The summed E-state index contributed by atoms with van der Waals surface area (Å²) < 4.78 is 4.83. The minimum Gasteiger partial charge on any atom is -0.465 e. The molecule has 27 heavy (non-hydrogen) atoms. The molecule has 1 saturated carbocycles. The second-order valence-corrected chi connectivity index (χ2v) is 7.69. The van der Waals surface area contributed by atoms with E-state index in [2.05, 4.69) is 30.1 Å². The number of hydrogen-bond donors (Lipinski definition) is 1. The molecule has 0 amide bonds. The van der Waals surface area contributed by atoms with Crippen LogP contribution in [-0.2, 0) is 17.7 Å². The molecule has 0 bridgehead atoms. The van der Waals surface area contributed by atoms with Crippen LogP contribution < -0.4 is 10.2 Å². The number of rotatable bonds is 5. The van der Waals surface area contributed by atoms with Crippen LogP contribution in [0.15, 0.2) is 24.3 Å². The molecule has 2 aliphatic rings. The molecule has 1 fully saturated rings. The van der Waals surface area contributed by atoms with Crippen molar-refractivity contribution in [2.45, 2.75) is 51.6 Å². The lowest BCUT2D eigenvalue weighted by molar-refractivity contribution is 0.0600. The Labute approximate surface area is 160 Å². The first kappa shape index (κ1) is 17.8. The Morgan fingerprint density at radius 1 is 1.22 bits per heavy atom. The third-order valence-electron chi connectivity index (χ3n) is 5.14. The molecule has 0 saturated heterocycles. The van der Waals surface area contributed by atoms with Crippen LogP contribution in [0, 0.1) is 0 Å². The van der Waals surface area contributed by atoms with Crippen molar-refractivity contribution in [1.29, 1.82) is 0 Å². The Hall–Kier alpha value is -2.63. The molecule has 4 rings (SSSR count). The molecule has 1 N–H and O–H groups in total. The summed E-state index contributed by atoms with van der Waals surface area (Å²) in [5.74, 6) is 2.78. The van der Waals surface area contributed by atoms with Gasteiger partial charge in [0.15, 0.2) is 0 Å². The minimum absolute atomic E-state index is 0.282. The van der Waals surface area contributed by atoms with Crippen molar-refractivity contribution in [3.05, 3.63) is 46.8 Å². The number of aromatic nitrogens is 2. The molecular formula is C21H26N4O2. The molecule has 6 nitrogen and oxygen atoms in total. The SMILES string of the molecule is COC(=O)c1ccc2c(c1)CCN(c1cc(NC3CC3)nc(C(C)C)n1)C2. The summed E-state index contributed by atoms with van der Waals surface area (Å²) in [6.45, 7) is 5.91. The molecule has 1 aliphatic heterocycles. The van der Waals surface area contributed by atoms with Crippen molar-refractivity contribution in [3.8, 4) is 0 Å². The second-order valence-electron chi connectivity index (χ2n) is 7.69. The number of fused-ring (bicyclic) bond motifs is 1. The fraction of sp³-hybridized carbons (Fsp3) is 0.476. The zero-order valence-electron chi connectivity index (χ0n) is 16.2. The molecule has 0 radical (unpaired) electrons. The Morgan fingerprint density at radius 3 is 2.74 bits per heavy atom. The second kappa shape index (κ2) is 7.18. The molecule has 1 aromatic carbocycles. The van der Waals surface area contributed by atoms with Crippen LogP contribution >= 0.6 is 0 Å². The average molecular weight is 366 g/mol. The molecule has 6 heteroatoms. The van der Waals surface area contributed by atoms with Gasteiger partial charge in [0.05, 0.1) is 12.7 Å². The van der Waals surface area contributed by atoms with E-state index in [1.165, 1.54) is 31.1 Å². The highest BCUT2D eigenvalue weighted by atomic mass is 16.5. The number of hydrogen-bond acceptors (Lipinski definition) is 6. The zero-order chi connectivity index (χ0) is 19.0. The molecule has 142 valence electrons. The Bertz CT molecular complexity index is 861. The van der Waals surface area contributed by atoms with Gasteiger partial charge in [0.1, 0.15) is 17.5 Å². The topological polar surface area (TPSA) is 67.3 Å². The smallest absolute Gasteiger partial charge is 0.337 e. The van der Waals surface area contributed by atoms with Crippen LogP contribution in [0.4, 0.5) is 11.6 Å². The lowest BCUT2D eigenvalue weighted by atomic mass is 9.97. The van der Waals surface area contributed by atoms with Crippen molar-refractivity contribution >= 4 is 17.6 Å². The van der Waals surface area contributed by atoms with Crippen molar-refractivity contribution in [3.63, 3.8) is 0 Å². The van der Waals surface area contributed by atoms with Gasteiger partial charge in [-0.2, -0.15) is 0 Å². The lowest BCUT2D eigenvalue weighted by Gasteiger charge is -2.30. The third-order valence-corrected chi connectivity index (χ3v) is 5.14. The normalized spacial score (nSPS) is 16.2. The summed E-state index contributed by atoms with van der Waals surface area (Å²) in [5.41, 5.74) is 3.06. The van der Waals surface area contributed by atoms with Gasteiger partial charge >= 0.3 is 5.97 Å².